The first-order valence-electron chi connectivity index (χ1n) is 6.95. The number of nitrogens with one attached hydrogen (secondary N) is 1. The van der Waals surface area contributed by atoms with Gasteiger partial charge >= 0.3 is 0 Å². The van der Waals surface area contributed by atoms with E-state index < -0.39 is 0 Å². The Morgan fingerprint density at radius 1 is 1.42 bits per heavy atom. The van der Waals surface area contributed by atoms with Gasteiger partial charge in [0.15, 0.2) is 0 Å². The lowest BCUT2D eigenvalue weighted by molar-refractivity contribution is 0.138. The second kappa shape index (κ2) is 7.27. The number of likely N-dealkylation sites (N-methyl/N-ethyl adjacent to an activating group) is 1. The number of halogens is 1. The molecule has 2 rings (SSSR count). The Morgan fingerprint density at radius 2 is 2.26 bits per heavy atom. The number of benzene rings is 1. The number of piperidine rings is 1. The number of hydrogen-bond acceptors (Lipinski definition) is 3. The molecule has 0 bridgehead atoms. The minimum absolute atomic E-state index is 0.641. The molecule has 0 radical (unpaired) electrons. The summed E-state index contributed by atoms with van der Waals surface area (Å²) in [6.45, 7) is 3.22. The molecule has 1 aliphatic heterocycles. The third kappa shape index (κ3) is 3.94. The maximum Gasteiger partial charge on any atom is 0.123 e. The van der Waals surface area contributed by atoms with Crippen molar-refractivity contribution in [2.24, 2.45) is 0 Å². The lowest BCUT2D eigenvalue weighted by Gasteiger charge is -2.36. The lowest BCUT2D eigenvalue weighted by Crippen LogP contribution is -2.44. The Labute approximate surface area is 124 Å². The van der Waals surface area contributed by atoms with Crippen LogP contribution >= 0.6 is 15.9 Å². The number of nitrogens with zero attached hydrogens (tertiary/aromatic N) is 1. The zero-order valence-corrected chi connectivity index (χ0v) is 13.4. The Kier molecular flexibility index (Phi) is 5.67. The van der Waals surface area contributed by atoms with Crippen molar-refractivity contribution in [1.82, 2.24) is 10.2 Å². The SMILES string of the molecule is CNCC1CCCCN1Cc1cc(Br)ccc1OC. The summed E-state index contributed by atoms with van der Waals surface area (Å²) in [5.41, 5.74) is 1.26. The van der Waals surface area contributed by atoms with Crippen molar-refractivity contribution in [3.05, 3.63) is 28.2 Å². The van der Waals surface area contributed by atoms with Gasteiger partial charge in [0.2, 0.25) is 0 Å². The molecule has 0 spiro atoms. The molecule has 1 aliphatic rings. The van der Waals surface area contributed by atoms with Crippen LogP contribution in [-0.2, 0) is 6.54 Å². The van der Waals surface area contributed by atoms with Gasteiger partial charge in [-0.2, -0.15) is 0 Å². The Balaban J connectivity index is 2.11. The molecule has 1 heterocycles. The highest BCUT2D eigenvalue weighted by Gasteiger charge is 2.22. The van der Waals surface area contributed by atoms with Crippen LogP contribution < -0.4 is 10.1 Å². The normalized spacial score (nSPS) is 20.5. The Bertz CT molecular complexity index is 409. The van der Waals surface area contributed by atoms with Crippen LogP contribution in [0.3, 0.4) is 0 Å². The first-order chi connectivity index (χ1) is 9.24. The van der Waals surface area contributed by atoms with Crippen LogP contribution in [0, 0.1) is 0 Å². The van der Waals surface area contributed by atoms with Crippen LogP contribution in [0.15, 0.2) is 22.7 Å². The van der Waals surface area contributed by atoms with E-state index in [4.69, 9.17) is 4.74 Å². The number of methoxy groups -OCH3 is 1. The molecule has 106 valence electrons. The van der Waals surface area contributed by atoms with E-state index in [2.05, 4.69) is 32.2 Å². The van der Waals surface area contributed by atoms with E-state index in [-0.39, 0.29) is 0 Å². The molecule has 1 atom stereocenters. The molecule has 1 fully saturated rings. The zero-order chi connectivity index (χ0) is 13.7. The summed E-state index contributed by atoms with van der Waals surface area (Å²) in [6.07, 6.45) is 3.94. The molecule has 4 heteroatoms. The molecule has 1 aromatic rings. The Hall–Kier alpha value is -0.580. The molecule has 19 heavy (non-hydrogen) atoms. The largest absolute Gasteiger partial charge is 0.496 e. The highest BCUT2D eigenvalue weighted by Crippen LogP contribution is 2.27. The molecule has 0 amide bonds. The fraction of sp³-hybridized carbons (Fsp3) is 0.600. The van der Waals surface area contributed by atoms with Crippen molar-refractivity contribution in [3.63, 3.8) is 0 Å². The average molecular weight is 327 g/mol. The maximum atomic E-state index is 5.47. The van der Waals surface area contributed by atoms with Gasteiger partial charge in [0, 0.05) is 29.2 Å². The second-order valence-corrected chi connectivity index (χ2v) is 6.05. The fourth-order valence-corrected chi connectivity index (χ4v) is 3.23. The van der Waals surface area contributed by atoms with Gasteiger partial charge < -0.3 is 10.1 Å². The smallest absolute Gasteiger partial charge is 0.123 e. The zero-order valence-electron chi connectivity index (χ0n) is 11.8. The average Bonchev–Trinajstić information content (AvgIpc) is 2.42. The number of likely N-dealkylation sites (tertiary alicyclic amines) is 1. The standard InChI is InChI=1S/C15H23BrN2O/c1-17-10-14-5-3-4-8-18(14)11-12-9-13(16)6-7-15(12)19-2/h6-7,9,14,17H,3-5,8,10-11H2,1-2H3. The molecule has 1 N–H and O–H groups in total. The number of rotatable bonds is 5. The summed E-state index contributed by atoms with van der Waals surface area (Å²) in [5.74, 6) is 0.983. The highest BCUT2D eigenvalue weighted by molar-refractivity contribution is 9.10. The molecule has 0 saturated carbocycles. The van der Waals surface area contributed by atoms with E-state index in [0.29, 0.717) is 6.04 Å². The highest BCUT2D eigenvalue weighted by atomic mass is 79.9. The van der Waals surface area contributed by atoms with E-state index in [1.165, 1.54) is 31.4 Å². The molecule has 1 aromatic carbocycles. The molecule has 1 unspecified atom stereocenters. The van der Waals surface area contributed by atoms with E-state index in [1.807, 2.05) is 19.2 Å². The summed E-state index contributed by atoms with van der Waals surface area (Å²) >= 11 is 3.55. The van der Waals surface area contributed by atoms with Gasteiger partial charge in [-0.05, 0) is 44.6 Å². The summed E-state index contributed by atoms with van der Waals surface area (Å²) in [6, 6.07) is 6.88. The van der Waals surface area contributed by atoms with Gasteiger partial charge in [0.1, 0.15) is 5.75 Å². The third-order valence-corrected chi connectivity index (χ3v) is 4.30. The molecule has 0 aromatic heterocycles. The first-order valence-corrected chi connectivity index (χ1v) is 7.75. The summed E-state index contributed by atoms with van der Waals surface area (Å²) in [7, 11) is 3.78. The van der Waals surface area contributed by atoms with Crippen LogP contribution in [0.25, 0.3) is 0 Å². The van der Waals surface area contributed by atoms with Crippen LogP contribution in [0.4, 0.5) is 0 Å². The quantitative estimate of drug-likeness (QED) is 0.900. The summed E-state index contributed by atoms with van der Waals surface area (Å²) < 4.78 is 6.59. The van der Waals surface area contributed by atoms with Crippen LogP contribution in [-0.4, -0.2) is 38.2 Å². The van der Waals surface area contributed by atoms with Gasteiger partial charge in [-0.1, -0.05) is 22.4 Å². The van der Waals surface area contributed by atoms with Crippen molar-refractivity contribution in [1.29, 1.82) is 0 Å². The Morgan fingerprint density at radius 3 is 3.00 bits per heavy atom. The van der Waals surface area contributed by atoms with Crippen molar-refractivity contribution in [3.8, 4) is 5.75 Å². The maximum absolute atomic E-state index is 5.47. The van der Waals surface area contributed by atoms with Gasteiger partial charge in [-0.15, -0.1) is 0 Å². The lowest BCUT2D eigenvalue weighted by atomic mass is 10.0. The van der Waals surface area contributed by atoms with Gasteiger partial charge in [0.25, 0.3) is 0 Å². The van der Waals surface area contributed by atoms with Crippen molar-refractivity contribution in [2.45, 2.75) is 31.8 Å². The minimum Gasteiger partial charge on any atom is -0.496 e. The van der Waals surface area contributed by atoms with Crippen molar-refractivity contribution >= 4 is 15.9 Å². The molecular formula is C15H23BrN2O. The molecule has 0 aliphatic carbocycles. The third-order valence-electron chi connectivity index (χ3n) is 3.80. The second-order valence-electron chi connectivity index (χ2n) is 5.13. The predicted octanol–water partition coefficient (Wildman–Crippen LogP) is 3.03. The van der Waals surface area contributed by atoms with E-state index in [0.717, 1.165) is 23.3 Å². The summed E-state index contributed by atoms with van der Waals surface area (Å²) in [5, 5.41) is 3.31. The summed E-state index contributed by atoms with van der Waals surface area (Å²) in [4.78, 5) is 2.57. The van der Waals surface area contributed by atoms with E-state index >= 15 is 0 Å². The van der Waals surface area contributed by atoms with Crippen molar-refractivity contribution < 1.29 is 4.74 Å². The van der Waals surface area contributed by atoms with Crippen LogP contribution in [0.2, 0.25) is 0 Å². The minimum atomic E-state index is 0.641. The number of ether oxygens (including phenoxy) is 1. The van der Waals surface area contributed by atoms with Crippen molar-refractivity contribution in [2.75, 3.05) is 27.2 Å². The molecule has 1 saturated heterocycles. The van der Waals surface area contributed by atoms with Crippen LogP contribution in [0.1, 0.15) is 24.8 Å². The molecular weight excluding hydrogens is 304 g/mol. The topological polar surface area (TPSA) is 24.5 Å². The number of hydrogen-bond donors (Lipinski definition) is 1. The van der Waals surface area contributed by atoms with E-state index in [1.54, 1.807) is 7.11 Å². The fourth-order valence-electron chi connectivity index (χ4n) is 2.82. The van der Waals surface area contributed by atoms with E-state index in [9.17, 15) is 0 Å². The predicted molar refractivity (Wildman–Crippen MR) is 82.7 cm³/mol. The first kappa shape index (κ1) is 14.8. The monoisotopic (exact) mass is 326 g/mol. The van der Waals surface area contributed by atoms with Gasteiger partial charge in [-0.25, -0.2) is 0 Å². The van der Waals surface area contributed by atoms with Gasteiger partial charge in [0.05, 0.1) is 7.11 Å². The van der Waals surface area contributed by atoms with Crippen LogP contribution in [0.5, 0.6) is 5.75 Å². The molecule has 3 nitrogen and oxygen atoms in total. The van der Waals surface area contributed by atoms with Gasteiger partial charge in [-0.3, -0.25) is 4.90 Å².